The van der Waals surface area contributed by atoms with E-state index in [1.165, 1.54) is 16.7 Å². The Kier molecular flexibility index (Phi) is 7.96. The monoisotopic (exact) mass is 656 g/mol. The molecule has 2 aliphatic heterocycles. The van der Waals surface area contributed by atoms with Crippen LogP contribution in [0.4, 0.5) is 15.9 Å². The van der Waals surface area contributed by atoms with E-state index in [0.29, 0.717) is 42.3 Å². The molecule has 4 N–H and O–H groups in total. The molecule has 4 aromatic rings. The predicted octanol–water partition coefficient (Wildman–Crippen LogP) is 3.48. The number of piperazine rings is 1. The van der Waals surface area contributed by atoms with Crippen LogP contribution in [0.5, 0.6) is 5.75 Å². The first-order valence-corrected chi connectivity index (χ1v) is 15.1. The molecule has 6 rings (SSSR count). The number of fused-ring (bicyclic) bond motifs is 2. The molecule has 15 heteroatoms. The number of benzene rings is 1. The van der Waals surface area contributed by atoms with E-state index in [1.54, 1.807) is 16.8 Å². The van der Waals surface area contributed by atoms with Crippen LogP contribution in [-0.4, -0.2) is 73.6 Å². The molecule has 236 valence electrons. The van der Waals surface area contributed by atoms with Crippen molar-refractivity contribution in [2.45, 2.75) is 39.4 Å². The number of amides is 2. The number of likely N-dealkylation sites (N-methyl/N-ethyl adjacent to an activating group) is 1. The van der Waals surface area contributed by atoms with E-state index >= 15 is 0 Å². The Morgan fingerprint density at radius 2 is 1.91 bits per heavy atom. The molecule has 0 bridgehead atoms. The highest BCUT2D eigenvalue weighted by atomic mass is 35.5. The van der Waals surface area contributed by atoms with E-state index < -0.39 is 23.5 Å². The van der Waals surface area contributed by atoms with Crippen LogP contribution in [0.2, 0.25) is 10.0 Å². The first kappa shape index (κ1) is 30.8. The molecule has 0 spiro atoms. The molecule has 0 radical (unpaired) electrons. The van der Waals surface area contributed by atoms with E-state index in [-0.39, 0.29) is 56.4 Å². The van der Waals surface area contributed by atoms with Crippen LogP contribution in [0.25, 0.3) is 22.2 Å². The van der Waals surface area contributed by atoms with Gasteiger partial charge in [-0.25, -0.2) is 9.97 Å². The zero-order chi connectivity index (χ0) is 32.3. The molecule has 5 heterocycles. The molecule has 2 atom stereocenters. The third kappa shape index (κ3) is 5.60. The number of nitrogens with two attached hydrogens (primary N) is 1. The highest BCUT2D eigenvalue weighted by molar-refractivity contribution is 6.34. The number of nitrogens with one attached hydrogen (secondary N) is 1. The predicted molar refractivity (Wildman–Crippen MR) is 170 cm³/mol. The zero-order valence-corrected chi connectivity index (χ0v) is 26.3. The molecule has 12 nitrogen and oxygen atoms in total. The lowest BCUT2D eigenvalue weighted by Gasteiger charge is -2.39. The van der Waals surface area contributed by atoms with Crippen molar-refractivity contribution in [3.63, 3.8) is 0 Å². The normalized spacial score (nSPS) is 18.4. The number of carbonyl (C=O) groups excluding carboxylic acids is 2. The lowest BCUT2D eigenvalue weighted by molar-refractivity contribution is -0.116. The number of halogens is 3. The van der Waals surface area contributed by atoms with Gasteiger partial charge in [-0.05, 0) is 37.6 Å². The van der Waals surface area contributed by atoms with Crippen LogP contribution in [0, 0.1) is 11.9 Å². The number of hydrogen-bond acceptors (Lipinski definition) is 8. The Morgan fingerprint density at radius 1 is 1.16 bits per heavy atom. The van der Waals surface area contributed by atoms with Crippen molar-refractivity contribution >= 4 is 57.6 Å². The number of primary amides is 1. The average Bonchev–Trinajstić information content (AvgIpc) is 3.52. The molecule has 2 amide bonds. The summed E-state index contributed by atoms with van der Waals surface area (Å²) >= 11 is 12.5. The molecule has 3 aromatic heterocycles. The summed E-state index contributed by atoms with van der Waals surface area (Å²) in [5, 5.41) is 12.7. The molecule has 1 saturated heterocycles. The molecule has 0 saturated carbocycles. The largest absolute Gasteiger partial charge is 0.506 e. The Morgan fingerprint density at radius 3 is 2.62 bits per heavy atom. The minimum absolute atomic E-state index is 0.0585. The highest BCUT2D eigenvalue weighted by Crippen LogP contribution is 2.37. The number of aromatic hydroxyl groups is 1. The van der Waals surface area contributed by atoms with E-state index in [1.807, 2.05) is 25.8 Å². The van der Waals surface area contributed by atoms with Crippen molar-refractivity contribution in [2.75, 3.05) is 36.9 Å². The molecule has 45 heavy (non-hydrogen) atoms. The third-order valence-electron chi connectivity index (χ3n) is 8.34. The summed E-state index contributed by atoms with van der Waals surface area (Å²) in [4.78, 5) is 52.2. The zero-order valence-electron chi connectivity index (χ0n) is 24.8. The maximum Gasteiger partial charge on any atom is 0.263 e. The number of carbonyl (C=O) groups is 2. The Hall–Kier alpha value is -4.20. The summed E-state index contributed by atoms with van der Waals surface area (Å²) in [5.74, 6) is -1.72. The second-order valence-electron chi connectivity index (χ2n) is 11.8. The van der Waals surface area contributed by atoms with Gasteiger partial charge < -0.3 is 30.5 Å². The molecule has 2 aliphatic rings. The number of pyridine rings is 1. The van der Waals surface area contributed by atoms with Crippen LogP contribution >= 0.6 is 23.2 Å². The van der Waals surface area contributed by atoms with Crippen LogP contribution in [0.3, 0.4) is 0 Å². The van der Waals surface area contributed by atoms with E-state index in [0.717, 1.165) is 13.1 Å². The Bertz CT molecular complexity index is 1940. The first-order chi connectivity index (χ1) is 21.3. The standard InChI is InChI=1S/C30H31Cl2FN8O4/c1-14-6-21-37-29-24(30(45)41(21)10-14)18(16-7-17(28(34)44)26(43)19(31)8-16)12-39(29)13-23(42)35-20-9-22(36-27(33)25(20)32)40-5-4-38(3)11-15(40)2/h7-9,12,14-15,43H,4-6,10-11,13H2,1-3H3,(H2,34,44)(H,35,36,42)/t14?,15-/m0/s1. The van der Waals surface area contributed by atoms with Crippen LogP contribution < -0.4 is 21.5 Å². The van der Waals surface area contributed by atoms with Gasteiger partial charge in [-0.3, -0.25) is 19.0 Å². The highest BCUT2D eigenvalue weighted by Gasteiger charge is 2.28. The second kappa shape index (κ2) is 11.6. The topological polar surface area (TPSA) is 152 Å². The summed E-state index contributed by atoms with van der Waals surface area (Å²) in [7, 11) is 2.01. The molecule has 1 unspecified atom stereocenters. The quantitative estimate of drug-likeness (QED) is 0.267. The van der Waals surface area contributed by atoms with Crippen molar-refractivity contribution in [1.82, 2.24) is 24.0 Å². The van der Waals surface area contributed by atoms with Crippen molar-refractivity contribution in [3.05, 3.63) is 62.1 Å². The summed E-state index contributed by atoms with van der Waals surface area (Å²) in [6, 6.07) is 4.35. The van der Waals surface area contributed by atoms with Crippen LogP contribution in [0.1, 0.15) is 30.0 Å². The molecule has 0 aliphatic carbocycles. The minimum Gasteiger partial charge on any atom is -0.506 e. The Labute approximate surface area is 267 Å². The Balaban J connectivity index is 1.40. The van der Waals surface area contributed by atoms with E-state index in [4.69, 9.17) is 33.9 Å². The fraction of sp³-hybridized carbons (Fsp3) is 0.367. The van der Waals surface area contributed by atoms with Crippen molar-refractivity contribution < 1.29 is 19.1 Å². The van der Waals surface area contributed by atoms with Gasteiger partial charge in [0, 0.05) is 56.5 Å². The third-order valence-corrected chi connectivity index (χ3v) is 8.98. The summed E-state index contributed by atoms with van der Waals surface area (Å²) in [6.07, 6.45) is 2.13. The fourth-order valence-electron chi connectivity index (χ4n) is 6.17. The van der Waals surface area contributed by atoms with Gasteiger partial charge in [0.1, 0.15) is 34.6 Å². The summed E-state index contributed by atoms with van der Waals surface area (Å²) < 4.78 is 18.0. The number of hydrogen-bond donors (Lipinski definition) is 3. The molecule has 1 aromatic carbocycles. The van der Waals surface area contributed by atoms with Crippen molar-refractivity contribution in [1.29, 1.82) is 0 Å². The SMILES string of the molecule is CC1Cc2nc3c(c(-c4cc(Cl)c(O)c(C(N)=O)c4)cn3CC(=O)Nc3cc(N4CCN(C)C[C@@H]4C)nc(F)c3Cl)c(=O)n2C1. The van der Waals surface area contributed by atoms with Crippen molar-refractivity contribution in [3.8, 4) is 16.9 Å². The lowest BCUT2D eigenvalue weighted by atomic mass is 10.0. The first-order valence-electron chi connectivity index (χ1n) is 14.4. The minimum atomic E-state index is -0.907. The maximum atomic E-state index is 14.9. The summed E-state index contributed by atoms with van der Waals surface area (Å²) in [6.45, 7) is 6.35. The molecular formula is C30H31Cl2FN8O4. The number of phenols is 1. The summed E-state index contributed by atoms with van der Waals surface area (Å²) in [5.41, 5.74) is 5.89. The fourth-order valence-corrected chi connectivity index (χ4v) is 6.54. The van der Waals surface area contributed by atoms with Gasteiger partial charge >= 0.3 is 0 Å². The van der Waals surface area contributed by atoms with E-state index in [2.05, 4.69) is 15.2 Å². The smallest absolute Gasteiger partial charge is 0.263 e. The van der Waals surface area contributed by atoms with Gasteiger partial charge in [-0.15, -0.1) is 0 Å². The van der Waals surface area contributed by atoms with Gasteiger partial charge in [0.2, 0.25) is 11.9 Å². The number of aromatic nitrogens is 4. The lowest BCUT2D eigenvalue weighted by Crippen LogP contribution is -2.50. The van der Waals surface area contributed by atoms with Crippen molar-refractivity contribution in [2.24, 2.45) is 11.7 Å². The van der Waals surface area contributed by atoms with Gasteiger partial charge in [0.15, 0.2) is 0 Å². The molecule has 1 fully saturated rings. The van der Waals surface area contributed by atoms with Gasteiger partial charge in [0.05, 0.1) is 21.7 Å². The second-order valence-corrected chi connectivity index (χ2v) is 12.6. The van der Waals surface area contributed by atoms with Gasteiger partial charge in [-0.1, -0.05) is 30.1 Å². The number of rotatable bonds is 6. The van der Waals surface area contributed by atoms with Crippen LogP contribution in [-0.2, 0) is 24.3 Å². The van der Waals surface area contributed by atoms with Gasteiger partial charge in [0.25, 0.3) is 11.5 Å². The number of anilines is 2. The average molecular weight is 658 g/mol. The van der Waals surface area contributed by atoms with Crippen LogP contribution in [0.15, 0.2) is 29.2 Å². The number of nitrogens with zero attached hydrogens (tertiary/aromatic N) is 6. The maximum absolute atomic E-state index is 14.9. The van der Waals surface area contributed by atoms with E-state index in [9.17, 15) is 23.9 Å². The van der Waals surface area contributed by atoms with Gasteiger partial charge in [-0.2, -0.15) is 4.39 Å². The molecular weight excluding hydrogens is 626 g/mol.